The molecule has 3 heterocycles. The van der Waals surface area contributed by atoms with Crippen molar-refractivity contribution in [3.05, 3.63) is 93.8 Å². The molecule has 11 heteroatoms. The number of non-ortho nitro benzene ring substituents is 1. The van der Waals surface area contributed by atoms with Crippen LogP contribution in [0, 0.1) is 27.8 Å². The molecular weight excluding hydrogens is 483 g/mol. The monoisotopic (exact) mass is 502 g/mol. The first-order chi connectivity index (χ1) is 17.7. The molecule has 6 rings (SSSR count). The number of aromatic hydroxyl groups is 1. The molecule has 3 aliphatic rings. The molecule has 2 saturated heterocycles. The number of carbonyl (C=O) groups excluding carboxylic acids is 3. The molecule has 2 fully saturated rings. The summed E-state index contributed by atoms with van der Waals surface area (Å²) in [4.78, 5) is 52.8. The van der Waals surface area contributed by atoms with Crippen molar-refractivity contribution in [3.63, 3.8) is 0 Å². The topological polar surface area (TPSA) is 142 Å². The highest BCUT2D eigenvalue weighted by atomic mass is 19.1. The molecule has 0 aliphatic carbocycles. The molecule has 3 aromatic carbocycles. The number of halogens is 1. The molecule has 1 spiro atoms. The van der Waals surface area contributed by atoms with Gasteiger partial charge in [0.15, 0.2) is 0 Å². The molecule has 3 aliphatic heterocycles. The van der Waals surface area contributed by atoms with Crippen LogP contribution < -0.4 is 15.5 Å². The lowest BCUT2D eigenvalue weighted by Crippen LogP contribution is -2.53. The fraction of sp³-hybridized carbons (Fsp3) is 0.192. The standard InChI is InChI=1S/C26H19FN4O6/c27-14-6-9-19-18(11-14)26(25(35)28-19)22-21(20(29-26)10-13-4-7-17(32)8-5-13)23(33)30(24(22)34)15-2-1-3-16(12-15)31(36)37/h1-9,11-12,20-22,29,32H,10H2,(H,28,35)/t20-,21+,22-,26+/m0/s1. The summed E-state index contributed by atoms with van der Waals surface area (Å²) in [6.45, 7) is 0. The molecule has 0 saturated carbocycles. The van der Waals surface area contributed by atoms with Gasteiger partial charge in [0.1, 0.15) is 17.1 Å². The zero-order valence-electron chi connectivity index (χ0n) is 19.1. The average molecular weight is 502 g/mol. The van der Waals surface area contributed by atoms with E-state index in [4.69, 9.17) is 0 Å². The molecular formula is C26H19FN4O6. The molecule has 37 heavy (non-hydrogen) atoms. The van der Waals surface area contributed by atoms with Crippen LogP contribution in [0.2, 0.25) is 0 Å². The van der Waals surface area contributed by atoms with Crippen molar-refractivity contribution >= 4 is 34.8 Å². The van der Waals surface area contributed by atoms with Gasteiger partial charge >= 0.3 is 0 Å². The van der Waals surface area contributed by atoms with Gasteiger partial charge in [-0.2, -0.15) is 0 Å². The van der Waals surface area contributed by atoms with Crippen LogP contribution in [0.15, 0.2) is 66.7 Å². The smallest absolute Gasteiger partial charge is 0.271 e. The van der Waals surface area contributed by atoms with Crippen LogP contribution in [-0.4, -0.2) is 33.8 Å². The van der Waals surface area contributed by atoms with Gasteiger partial charge in [0.05, 0.1) is 22.4 Å². The lowest BCUT2D eigenvalue weighted by molar-refractivity contribution is -0.384. The van der Waals surface area contributed by atoms with Crippen LogP contribution in [0.3, 0.4) is 0 Å². The maximum atomic E-state index is 14.4. The summed E-state index contributed by atoms with van der Waals surface area (Å²) >= 11 is 0. The first kappa shape index (κ1) is 22.8. The van der Waals surface area contributed by atoms with E-state index >= 15 is 0 Å². The van der Waals surface area contributed by atoms with Crippen molar-refractivity contribution < 1.29 is 28.8 Å². The average Bonchev–Trinajstić information content (AvgIpc) is 3.45. The molecule has 3 amide bonds. The highest BCUT2D eigenvalue weighted by molar-refractivity contribution is 6.25. The van der Waals surface area contributed by atoms with Gasteiger partial charge in [-0.1, -0.05) is 18.2 Å². The number of rotatable bonds is 4. The zero-order valence-corrected chi connectivity index (χ0v) is 19.1. The fourth-order valence-corrected chi connectivity index (χ4v) is 5.84. The third kappa shape index (κ3) is 3.24. The SMILES string of the molecule is O=C1[C@@H]2[C@H](Cc3ccc(O)cc3)N[C@@]3(C(=O)Nc4ccc(F)cc43)[C@@H]2C(=O)N1c1cccc([N+](=O)[O-])c1. The molecule has 0 bridgehead atoms. The molecule has 4 atom stereocenters. The summed E-state index contributed by atoms with van der Waals surface area (Å²) in [6, 6.07) is 14.5. The lowest BCUT2D eigenvalue weighted by atomic mass is 9.76. The summed E-state index contributed by atoms with van der Waals surface area (Å²) in [7, 11) is 0. The Morgan fingerprint density at radius 1 is 1.03 bits per heavy atom. The van der Waals surface area contributed by atoms with E-state index in [1.54, 1.807) is 12.1 Å². The highest BCUT2D eigenvalue weighted by Crippen LogP contribution is 2.54. The van der Waals surface area contributed by atoms with Crippen molar-refractivity contribution in [2.45, 2.75) is 18.0 Å². The van der Waals surface area contributed by atoms with Crippen molar-refractivity contribution in [2.75, 3.05) is 10.2 Å². The van der Waals surface area contributed by atoms with E-state index in [2.05, 4.69) is 10.6 Å². The molecule has 186 valence electrons. The summed E-state index contributed by atoms with van der Waals surface area (Å²) in [6.07, 6.45) is 0.225. The minimum atomic E-state index is -1.72. The Bertz CT molecular complexity index is 1510. The Morgan fingerprint density at radius 2 is 1.78 bits per heavy atom. The Balaban J connectivity index is 1.49. The van der Waals surface area contributed by atoms with Crippen LogP contribution in [0.25, 0.3) is 0 Å². The van der Waals surface area contributed by atoms with Gasteiger partial charge in [-0.15, -0.1) is 0 Å². The Labute approximate surface area is 208 Å². The third-order valence-electron chi connectivity index (χ3n) is 7.37. The Hall–Kier alpha value is -4.64. The fourth-order valence-electron chi connectivity index (χ4n) is 5.84. The summed E-state index contributed by atoms with van der Waals surface area (Å²) in [5, 5.41) is 26.9. The largest absolute Gasteiger partial charge is 0.508 e. The third-order valence-corrected chi connectivity index (χ3v) is 7.37. The number of hydrogen-bond acceptors (Lipinski definition) is 7. The van der Waals surface area contributed by atoms with Crippen LogP contribution in [0.5, 0.6) is 5.75 Å². The normalized spacial score (nSPS) is 25.9. The lowest BCUT2D eigenvalue weighted by Gasteiger charge is -2.29. The van der Waals surface area contributed by atoms with E-state index in [1.165, 1.54) is 48.5 Å². The van der Waals surface area contributed by atoms with E-state index in [-0.39, 0.29) is 29.1 Å². The van der Waals surface area contributed by atoms with E-state index in [0.29, 0.717) is 5.69 Å². The van der Waals surface area contributed by atoms with Gasteiger partial charge in [0.2, 0.25) is 17.7 Å². The number of amides is 3. The number of imide groups is 1. The summed E-state index contributed by atoms with van der Waals surface area (Å²) in [5.74, 6) is -4.68. The second-order valence-electron chi connectivity index (χ2n) is 9.37. The predicted molar refractivity (Wildman–Crippen MR) is 128 cm³/mol. The molecule has 0 unspecified atom stereocenters. The summed E-state index contributed by atoms with van der Waals surface area (Å²) < 4.78 is 14.4. The molecule has 10 nitrogen and oxygen atoms in total. The number of carbonyl (C=O) groups is 3. The van der Waals surface area contributed by atoms with Crippen molar-refractivity contribution in [1.29, 1.82) is 0 Å². The van der Waals surface area contributed by atoms with Crippen LogP contribution in [-0.2, 0) is 26.3 Å². The number of benzene rings is 3. The second kappa shape index (κ2) is 7.93. The van der Waals surface area contributed by atoms with Crippen molar-refractivity contribution in [3.8, 4) is 5.75 Å². The van der Waals surface area contributed by atoms with Crippen molar-refractivity contribution in [1.82, 2.24) is 5.32 Å². The number of hydrogen-bond donors (Lipinski definition) is 3. The number of nitrogens with one attached hydrogen (secondary N) is 2. The van der Waals surface area contributed by atoms with E-state index in [1.807, 2.05) is 0 Å². The maximum Gasteiger partial charge on any atom is 0.271 e. The van der Waals surface area contributed by atoms with Crippen LogP contribution in [0.1, 0.15) is 11.1 Å². The van der Waals surface area contributed by atoms with E-state index in [9.17, 15) is 34.0 Å². The highest BCUT2D eigenvalue weighted by Gasteiger charge is 2.70. The minimum absolute atomic E-state index is 0.0232. The number of phenolic OH excluding ortho intramolecular Hbond substituents is 1. The number of anilines is 2. The molecule has 3 N–H and O–H groups in total. The van der Waals surface area contributed by atoms with Gasteiger partial charge in [0.25, 0.3) is 5.69 Å². The van der Waals surface area contributed by atoms with Crippen LogP contribution >= 0.6 is 0 Å². The van der Waals surface area contributed by atoms with E-state index in [0.717, 1.165) is 16.5 Å². The van der Waals surface area contributed by atoms with Gasteiger partial charge < -0.3 is 10.4 Å². The number of phenols is 1. The number of nitro groups is 1. The zero-order chi connectivity index (χ0) is 26.1. The second-order valence-corrected chi connectivity index (χ2v) is 9.37. The van der Waals surface area contributed by atoms with Gasteiger partial charge in [-0.25, -0.2) is 9.29 Å². The van der Waals surface area contributed by atoms with E-state index < -0.39 is 51.9 Å². The first-order valence-electron chi connectivity index (χ1n) is 11.5. The predicted octanol–water partition coefficient (Wildman–Crippen LogP) is 2.61. The maximum absolute atomic E-state index is 14.4. The number of nitrogens with zero attached hydrogens (tertiary/aromatic N) is 2. The van der Waals surface area contributed by atoms with Gasteiger partial charge in [-0.3, -0.25) is 29.8 Å². The minimum Gasteiger partial charge on any atom is -0.508 e. The molecule has 0 radical (unpaired) electrons. The van der Waals surface area contributed by atoms with Gasteiger partial charge in [-0.05, 0) is 48.4 Å². The number of nitro benzene ring substituents is 1. The Morgan fingerprint density at radius 3 is 2.51 bits per heavy atom. The van der Waals surface area contributed by atoms with Gasteiger partial charge in [0, 0.05) is 29.4 Å². The Kier molecular flexibility index (Phi) is 4.89. The quantitative estimate of drug-likeness (QED) is 0.283. The first-order valence-corrected chi connectivity index (χ1v) is 11.5. The number of fused-ring (bicyclic) bond motifs is 4. The van der Waals surface area contributed by atoms with Crippen molar-refractivity contribution in [2.24, 2.45) is 11.8 Å². The molecule has 3 aromatic rings. The summed E-state index contributed by atoms with van der Waals surface area (Å²) in [5.41, 5.74) is -0.700. The van der Waals surface area contributed by atoms with Crippen LogP contribution in [0.4, 0.5) is 21.5 Å². The molecule has 0 aromatic heterocycles.